The van der Waals surface area contributed by atoms with Gasteiger partial charge in [0, 0.05) is 36.0 Å². The second-order valence-electron chi connectivity index (χ2n) is 7.35. The van der Waals surface area contributed by atoms with E-state index in [9.17, 15) is 14.7 Å². The molecule has 28 heavy (non-hydrogen) atoms. The summed E-state index contributed by atoms with van der Waals surface area (Å²) in [5.41, 5.74) is 3.21. The molecular weight excluding hydrogens is 363 g/mol. The molecule has 0 aliphatic rings. The van der Waals surface area contributed by atoms with Crippen LogP contribution in [0.25, 0.3) is 0 Å². The molecule has 0 saturated heterocycles. The molecule has 0 aliphatic carbocycles. The van der Waals surface area contributed by atoms with Crippen molar-refractivity contribution in [2.24, 2.45) is 0 Å². The molecule has 1 atom stereocenters. The van der Waals surface area contributed by atoms with Crippen LogP contribution in [0, 0.1) is 0 Å². The minimum absolute atomic E-state index is 0. The number of rotatable bonds is 10. The van der Waals surface area contributed by atoms with Crippen molar-refractivity contribution in [1.82, 2.24) is 4.57 Å². The Kier molecular flexibility index (Phi) is 10.0. The largest absolute Gasteiger partial charge is 1.00 e. The maximum absolute atomic E-state index is 13.1. The molecule has 1 aromatic carbocycles. The van der Waals surface area contributed by atoms with Crippen LogP contribution in [0.15, 0.2) is 36.5 Å². The number of carboxylic acid groups (broad SMARTS) is 1. The molecule has 0 spiro atoms. The number of hydrogen-bond acceptors (Lipinski definition) is 4. The van der Waals surface area contributed by atoms with Gasteiger partial charge in [-0.15, -0.1) is 0 Å². The summed E-state index contributed by atoms with van der Waals surface area (Å²) in [5, 5.41) is 14.1. The SMILES string of the molecule is CCC(C)Nc1cccc(C(=O)c2cc(C(C)C)cn2CCCC(=O)[O-])c1.[Na+]. The molecule has 5 nitrogen and oxygen atoms in total. The van der Waals surface area contributed by atoms with Gasteiger partial charge in [-0.1, -0.05) is 32.9 Å². The zero-order valence-corrected chi connectivity index (χ0v) is 19.6. The molecule has 1 unspecified atom stereocenters. The van der Waals surface area contributed by atoms with E-state index in [0.717, 1.165) is 17.7 Å². The molecule has 0 aliphatic heterocycles. The second kappa shape index (κ2) is 11.4. The molecule has 0 amide bonds. The molecule has 146 valence electrons. The van der Waals surface area contributed by atoms with Gasteiger partial charge in [-0.2, -0.15) is 0 Å². The Morgan fingerprint density at radius 1 is 1.18 bits per heavy atom. The van der Waals surface area contributed by atoms with E-state index < -0.39 is 5.97 Å². The standard InChI is InChI=1S/C22H30N2O3.Na/c1-5-16(4)23-19-9-6-8-17(12-19)22(27)20-13-18(15(2)3)14-24(20)11-7-10-21(25)26;/h6,8-9,12-16,23H,5,7,10-11H2,1-4H3,(H,25,26);/q;+1/p-1. The van der Waals surface area contributed by atoms with Gasteiger partial charge in [0.15, 0.2) is 0 Å². The summed E-state index contributed by atoms with van der Waals surface area (Å²) >= 11 is 0. The van der Waals surface area contributed by atoms with Crippen LogP contribution in [0.5, 0.6) is 0 Å². The molecule has 1 heterocycles. The fourth-order valence-electron chi connectivity index (χ4n) is 2.90. The Morgan fingerprint density at radius 2 is 1.89 bits per heavy atom. The van der Waals surface area contributed by atoms with Crippen molar-refractivity contribution in [3.05, 3.63) is 53.3 Å². The van der Waals surface area contributed by atoms with Gasteiger partial charge in [-0.3, -0.25) is 4.79 Å². The van der Waals surface area contributed by atoms with Crippen molar-refractivity contribution in [3.63, 3.8) is 0 Å². The Labute approximate surface area is 189 Å². The number of ketones is 1. The summed E-state index contributed by atoms with van der Waals surface area (Å²) in [6.07, 6.45) is 3.37. The Bertz CT molecular complexity index is 799. The van der Waals surface area contributed by atoms with Gasteiger partial charge < -0.3 is 19.8 Å². The van der Waals surface area contributed by atoms with Crippen LogP contribution in [0.4, 0.5) is 5.69 Å². The normalized spacial score (nSPS) is 11.8. The summed E-state index contributed by atoms with van der Waals surface area (Å²) in [4.78, 5) is 23.8. The molecule has 0 fully saturated rings. The van der Waals surface area contributed by atoms with E-state index in [1.807, 2.05) is 41.1 Å². The topological polar surface area (TPSA) is 74.2 Å². The van der Waals surface area contributed by atoms with Crippen molar-refractivity contribution < 1.29 is 44.3 Å². The fourth-order valence-corrected chi connectivity index (χ4v) is 2.90. The smallest absolute Gasteiger partial charge is 0.550 e. The third-order valence-corrected chi connectivity index (χ3v) is 4.75. The molecule has 0 bridgehead atoms. The molecule has 1 aromatic heterocycles. The van der Waals surface area contributed by atoms with Gasteiger partial charge in [0.1, 0.15) is 0 Å². The first kappa shape index (κ1) is 24.5. The molecule has 6 heteroatoms. The molecule has 1 N–H and O–H groups in total. The average molecular weight is 392 g/mol. The summed E-state index contributed by atoms with van der Waals surface area (Å²) in [6.45, 7) is 8.84. The van der Waals surface area contributed by atoms with Crippen LogP contribution in [0.3, 0.4) is 0 Å². The van der Waals surface area contributed by atoms with Crippen LogP contribution < -0.4 is 40.0 Å². The van der Waals surface area contributed by atoms with Crippen molar-refractivity contribution in [3.8, 4) is 0 Å². The van der Waals surface area contributed by atoms with Gasteiger partial charge in [0.25, 0.3) is 0 Å². The predicted octanol–water partition coefficient (Wildman–Crippen LogP) is 0.587. The number of nitrogens with one attached hydrogen (secondary N) is 1. The average Bonchev–Trinajstić information content (AvgIpc) is 3.05. The summed E-state index contributed by atoms with van der Waals surface area (Å²) in [7, 11) is 0. The molecule has 2 aromatic rings. The van der Waals surface area contributed by atoms with E-state index in [2.05, 4.69) is 33.0 Å². The van der Waals surface area contributed by atoms with E-state index in [0.29, 0.717) is 30.3 Å². The number of carboxylic acids is 1. The number of aliphatic carboxylic acids is 1. The van der Waals surface area contributed by atoms with Gasteiger partial charge >= 0.3 is 29.6 Å². The Balaban J connectivity index is 0.00000392. The second-order valence-corrected chi connectivity index (χ2v) is 7.35. The zero-order valence-electron chi connectivity index (χ0n) is 17.6. The van der Waals surface area contributed by atoms with Crippen LogP contribution >= 0.6 is 0 Å². The van der Waals surface area contributed by atoms with Crippen molar-refractivity contribution in [2.45, 2.75) is 65.5 Å². The summed E-state index contributed by atoms with van der Waals surface area (Å²) < 4.78 is 1.87. The first-order chi connectivity index (χ1) is 12.8. The number of nitrogens with zero attached hydrogens (tertiary/aromatic N) is 1. The maximum atomic E-state index is 13.1. The quantitative estimate of drug-likeness (QED) is 0.474. The molecule has 0 saturated carbocycles. The third-order valence-electron chi connectivity index (χ3n) is 4.75. The summed E-state index contributed by atoms with van der Waals surface area (Å²) in [6, 6.07) is 9.78. The minimum atomic E-state index is -1.07. The number of anilines is 1. The van der Waals surface area contributed by atoms with E-state index >= 15 is 0 Å². The fraction of sp³-hybridized carbons (Fsp3) is 0.455. The summed E-state index contributed by atoms with van der Waals surface area (Å²) in [5.74, 6) is -0.830. The zero-order chi connectivity index (χ0) is 20.0. The van der Waals surface area contributed by atoms with Crippen LogP contribution in [-0.4, -0.2) is 22.4 Å². The third kappa shape index (κ3) is 6.80. The van der Waals surface area contributed by atoms with E-state index in [-0.39, 0.29) is 47.7 Å². The van der Waals surface area contributed by atoms with Crippen LogP contribution in [-0.2, 0) is 11.3 Å². The Morgan fingerprint density at radius 3 is 2.50 bits per heavy atom. The van der Waals surface area contributed by atoms with E-state index in [1.54, 1.807) is 0 Å². The predicted molar refractivity (Wildman–Crippen MR) is 106 cm³/mol. The van der Waals surface area contributed by atoms with Gasteiger partial charge in [0.05, 0.1) is 5.69 Å². The first-order valence-electron chi connectivity index (χ1n) is 9.63. The van der Waals surface area contributed by atoms with E-state index in [1.165, 1.54) is 0 Å². The van der Waals surface area contributed by atoms with Gasteiger partial charge in [0.2, 0.25) is 5.78 Å². The van der Waals surface area contributed by atoms with Crippen molar-refractivity contribution in [2.75, 3.05) is 5.32 Å². The van der Waals surface area contributed by atoms with Crippen molar-refractivity contribution in [1.29, 1.82) is 0 Å². The number of aryl methyl sites for hydroxylation is 1. The number of hydrogen-bond donors (Lipinski definition) is 1. The van der Waals surface area contributed by atoms with Crippen LogP contribution in [0.2, 0.25) is 0 Å². The Hall–Kier alpha value is -1.56. The monoisotopic (exact) mass is 392 g/mol. The molecule has 0 radical (unpaired) electrons. The number of aromatic nitrogens is 1. The van der Waals surface area contributed by atoms with Gasteiger partial charge in [-0.25, -0.2) is 0 Å². The number of benzene rings is 1. The maximum Gasteiger partial charge on any atom is 1.00 e. The van der Waals surface area contributed by atoms with Crippen molar-refractivity contribution >= 4 is 17.4 Å². The minimum Gasteiger partial charge on any atom is -0.550 e. The van der Waals surface area contributed by atoms with E-state index in [4.69, 9.17) is 0 Å². The van der Waals surface area contributed by atoms with Gasteiger partial charge in [-0.05, 0) is 55.9 Å². The molecular formula is C22H29N2NaO3. The molecule has 2 rings (SSSR count). The number of carbonyl (C=O) groups is 2. The number of carbonyl (C=O) groups excluding carboxylic acids is 2. The first-order valence-corrected chi connectivity index (χ1v) is 9.63. The van der Waals surface area contributed by atoms with Crippen LogP contribution in [0.1, 0.15) is 74.5 Å².